The van der Waals surface area contributed by atoms with Crippen LogP contribution < -0.4 is 4.74 Å². The van der Waals surface area contributed by atoms with Gasteiger partial charge in [0.25, 0.3) is 0 Å². The average molecular weight is 464 g/mol. The monoisotopic (exact) mass is 463 g/mol. The molecule has 6 nitrogen and oxygen atoms in total. The van der Waals surface area contributed by atoms with Crippen LogP contribution in [0.4, 0.5) is 9.18 Å². The van der Waals surface area contributed by atoms with Crippen LogP contribution in [-0.4, -0.2) is 34.6 Å². The van der Waals surface area contributed by atoms with Gasteiger partial charge in [-0.1, -0.05) is 42.5 Å². The summed E-state index contributed by atoms with van der Waals surface area (Å²) in [6.07, 6.45) is 1.32. The van der Waals surface area contributed by atoms with Gasteiger partial charge in [-0.15, -0.1) is 11.3 Å². The summed E-state index contributed by atoms with van der Waals surface area (Å²) >= 11 is 1.47. The van der Waals surface area contributed by atoms with Crippen LogP contribution in [0.3, 0.4) is 0 Å². The van der Waals surface area contributed by atoms with Crippen molar-refractivity contribution in [1.82, 2.24) is 14.9 Å². The minimum absolute atomic E-state index is 0.174. The first-order valence-electron chi connectivity index (χ1n) is 10.7. The normalized spacial score (nSPS) is 15.7. The first kappa shape index (κ1) is 21.3. The molecule has 1 amide bonds. The number of benzene rings is 2. The Balaban J connectivity index is 1.43. The Morgan fingerprint density at radius 2 is 1.94 bits per heavy atom. The second-order valence-corrected chi connectivity index (χ2v) is 8.85. The molecule has 0 saturated carbocycles. The fourth-order valence-electron chi connectivity index (χ4n) is 4.05. The van der Waals surface area contributed by atoms with Crippen molar-refractivity contribution < 1.29 is 18.7 Å². The number of thiazole rings is 1. The maximum Gasteiger partial charge on any atom is 0.410 e. The number of carbonyl (C=O) groups excluding carboxylic acids is 1. The van der Waals surface area contributed by atoms with Gasteiger partial charge in [-0.3, -0.25) is 4.90 Å². The van der Waals surface area contributed by atoms with E-state index in [4.69, 9.17) is 14.5 Å². The highest BCUT2D eigenvalue weighted by atomic mass is 32.1. The number of aromatic nitrogens is 2. The lowest BCUT2D eigenvalue weighted by Gasteiger charge is -2.22. The summed E-state index contributed by atoms with van der Waals surface area (Å²) in [6, 6.07) is 17.8. The fourth-order valence-corrected chi connectivity index (χ4v) is 5.20. The Kier molecular flexibility index (Phi) is 5.92. The van der Waals surface area contributed by atoms with E-state index < -0.39 is 0 Å². The summed E-state index contributed by atoms with van der Waals surface area (Å²) in [5.74, 6) is -0.0104. The number of halogens is 1. The predicted octanol–water partition coefficient (Wildman–Crippen LogP) is 5.98. The van der Waals surface area contributed by atoms with Gasteiger partial charge >= 0.3 is 6.09 Å². The number of carbonyl (C=O) groups is 1. The number of amides is 1. The fraction of sp³-hybridized carbons (Fsp3) is 0.240. The van der Waals surface area contributed by atoms with Gasteiger partial charge < -0.3 is 9.47 Å². The Hall–Kier alpha value is -3.52. The summed E-state index contributed by atoms with van der Waals surface area (Å²) in [5, 5.41) is 0.796. The molecule has 1 fully saturated rings. The van der Waals surface area contributed by atoms with E-state index in [1.807, 2.05) is 36.4 Å². The third-order valence-corrected chi connectivity index (χ3v) is 6.79. The highest BCUT2D eigenvalue weighted by Crippen LogP contribution is 2.40. The van der Waals surface area contributed by atoms with Crippen molar-refractivity contribution in [3.63, 3.8) is 0 Å². The molecule has 0 aliphatic carbocycles. The number of methoxy groups -OCH3 is 1. The van der Waals surface area contributed by atoms with Crippen LogP contribution in [0.2, 0.25) is 0 Å². The Bertz CT molecular complexity index is 1290. The lowest BCUT2D eigenvalue weighted by atomic mass is 10.1. The van der Waals surface area contributed by atoms with E-state index in [0.29, 0.717) is 29.2 Å². The van der Waals surface area contributed by atoms with E-state index in [-0.39, 0.29) is 24.6 Å². The molecular weight excluding hydrogens is 441 g/mol. The summed E-state index contributed by atoms with van der Waals surface area (Å²) in [7, 11) is 1.52. The maximum atomic E-state index is 14.3. The molecule has 1 atom stereocenters. The van der Waals surface area contributed by atoms with Gasteiger partial charge in [0, 0.05) is 12.1 Å². The topological polar surface area (TPSA) is 64.5 Å². The number of rotatable bonds is 5. The minimum Gasteiger partial charge on any atom is -0.479 e. The van der Waals surface area contributed by atoms with Gasteiger partial charge in [0.05, 0.1) is 23.5 Å². The standard InChI is InChI=1S/C25H22FN3O3S/c1-31-23-22-21(14-19(27-23)17-10-5-6-11-18(17)26)33-24(28-22)20-12-7-13-29(20)25(30)32-15-16-8-3-2-4-9-16/h2-6,8-11,14,20H,7,12-13,15H2,1H3/t20-/m1/s1. The highest BCUT2D eigenvalue weighted by Gasteiger charge is 2.34. The van der Waals surface area contributed by atoms with E-state index >= 15 is 0 Å². The zero-order valence-electron chi connectivity index (χ0n) is 18.0. The van der Waals surface area contributed by atoms with Crippen LogP contribution in [-0.2, 0) is 11.3 Å². The summed E-state index contributed by atoms with van der Waals surface area (Å²) < 4.78 is 26.2. The summed E-state index contributed by atoms with van der Waals surface area (Å²) in [4.78, 5) is 23.8. The molecule has 2 aromatic carbocycles. The lowest BCUT2D eigenvalue weighted by molar-refractivity contribution is 0.0920. The Morgan fingerprint density at radius 1 is 1.15 bits per heavy atom. The first-order valence-corrected chi connectivity index (χ1v) is 11.5. The van der Waals surface area contributed by atoms with E-state index in [9.17, 15) is 9.18 Å². The first-order chi connectivity index (χ1) is 16.1. The van der Waals surface area contributed by atoms with E-state index in [2.05, 4.69) is 4.98 Å². The van der Waals surface area contributed by atoms with Gasteiger partial charge in [-0.2, -0.15) is 0 Å². The molecule has 0 unspecified atom stereocenters. The predicted molar refractivity (Wildman–Crippen MR) is 125 cm³/mol. The van der Waals surface area contributed by atoms with Gasteiger partial charge in [-0.05, 0) is 36.6 Å². The Morgan fingerprint density at radius 3 is 2.73 bits per heavy atom. The number of hydrogen-bond donors (Lipinski definition) is 0. The molecule has 4 aromatic rings. The maximum absolute atomic E-state index is 14.3. The number of likely N-dealkylation sites (tertiary alicyclic amines) is 1. The third-order valence-electron chi connectivity index (χ3n) is 5.68. The van der Waals surface area contributed by atoms with Gasteiger partial charge in [0.15, 0.2) is 0 Å². The summed E-state index contributed by atoms with van der Waals surface area (Å²) in [5.41, 5.74) is 2.44. The molecular formula is C25H22FN3O3S. The molecule has 0 bridgehead atoms. The molecule has 0 radical (unpaired) electrons. The van der Waals surface area contributed by atoms with Crippen LogP contribution in [0.25, 0.3) is 21.5 Å². The van der Waals surface area contributed by atoms with E-state index in [1.165, 1.54) is 24.5 Å². The van der Waals surface area contributed by atoms with Crippen LogP contribution in [0.1, 0.15) is 29.5 Å². The molecule has 8 heteroatoms. The molecule has 1 aliphatic heterocycles. The quantitative estimate of drug-likeness (QED) is 0.364. The van der Waals surface area contributed by atoms with Gasteiger partial charge in [0.2, 0.25) is 5.88 Å². The second kappa shape index (κ2) is 9.15. The minimum atomic E-state index is -0.349. The molecule has 2 aromatic heterocycles. The van der Waals surface area contributed by atoms with Gasteiger partial charge in [0.1, 0.15) is 22.9 Å². The van der Waals surface area contributed by atoms with Crippen molar-refractivity contribution in [3.05, 3.63) is 77.1 Å². The Labute approximate surface area is 194 Å². The van der Waals surface area contributed by atoms with Crippen LogP contribution >= 0.6 is 11.3 Å². The van der Waals surface area contributed by atoms with Crippen molar-refractivity contribution in [2.24, 2.45) is 0 Å². The lowest BCUT2D eigenvalue weighted by Crippen LogP contribution is -2.31. The number of ether oxygens (including phenoxy) is 2. The van der Waals surface area contributed by atoms with E-state index in [0.717, 1.165) is 28.1 Å². The van der Waals surface area contributed by atoms with E-state index in [1.54, 1.807) is 23.1 Å². The molecule has 33 heavy (non-hydrogen) atoms. The molecule has 0 spiro atoms. The second-order valence-electron chi connectivity index (χ2n) is 7.79. The zero-order chi connectivity index (χ0) is 22.8. The van der Waals surface area contributed by atoms with Crippen LogP contribution in [0.15, 0.2) is 60.7 Å². The molecule has 1 saturated heterocycles. The van der Waals surface area contributed by atoms with Crippen molar-refractivity contribution in [1.29, 1.82) is 0 Å². The zero-order valence-corrected chi connectivity index (χ0v) is 18.8. The molecule has 168 valence electrons. The summed E-state index contributed by atoms with van der Waals surface area (Å²) in [6.45, 7) is 0.844. The van der Waals surface area contributed by atoms with Crippen molar-refractivity contribution in [3.8, 4) is 17.1 Å². The van der Waals surface area contributed by atoms with Crippen molar-refractivity contribution in [2.75, 3.05) is 13.7 Å². The molecule has 5 rings (SSSR count). The van der Waals surface area contributed by atoms with Crippen molar-refractivity contribution >= 4 is 27.6 Å². The highest BCUT2D eigenvalue weighted by molar-refractivity contribution is 7.18. The smallest absolute Gasteiger partial charge is 0.410 e. The molecule has 0 N–H and O–H groups in total. The van der Waals surface area contributed by atoms with Gasteiger partial charge in [-0.25, -0.2) is 19.2 Å². The number of hydrogen-bond acceptors (Lipinski definition) is 6. The molecule has 3 heterocycles. The van der Waals surface area contributed by atoms with Crippen LogP contribution in [0, 0.1) is 5.82 Å². The number of nitrogens with zero attached hydrogens (tertiary/aromatic N) is 3. The third kappa shape index (κ3) is 4.26. The number of pyridine rings is 1. The van der Waals surface area contributed by atoms with Crippen LogP contribution in [0.5, 0.6) is 5.88 Å². The SMILES string of the molecule is COc1nc(-c2ccccc2F)cc2sc([C@H]3CCCN3C(=O)OCc3ccccc3)nc12. The average Bonchev–Trinajstić information content (AvgIpc) is 3.50. The van der Waals surface area contributed by atoms with Crippen molar-refractivity contribution in [2.45, 2.75) is 25.5 Å². The number of fused-ring (bicyclic) bond motifs is 1. The largest absolute Gasteiger partial charge is 0.479 e. The molecule has 1 aliphatic rings.